The van der Waals surface area contributed by atoms with Crippen molar-refractivity contribution in [3.05, 3.63) is 29.3 Å². The van der Waals surface area contributed by atoms with Gasteiger partial charge in [0.2, 0.25) is 0 Å². The molecule has 0 spiro atoms. The summed E-state index contributed by atoms with van der Waals surface area (Å²) in [5, 5.41) is 10.2. The zero-order valence-corrected chi connectivity index (χ0v) is 13.8. The molecule has 1 N–H and O–H groups in total. The van der Waals surface area contributed by atoms with Crippen LogP contribution in [-0.4, -0.2) is 42.4 Å². The number of benzene rings is 1. The molecule has 3 heteroatoms. The van der Waals surface area contributed by atoms with Gasteiger partial charge in [-0.3, -0.25) is 0 Å². The smallest absolute Gasteiger partial charge is 0.119 e. The Hall–Kier alpha value is -1.06. The highest BCUT2D eigenvalue weighted by atomic mass is 16.5. The van der Waals surface area contributed by atoms with Gasteiger partial charge in [0.05, 0.1) is 0 Å². The van der Waals surface area contributed by atoms with Gasteiger partial charge in [0.15, 0.2) is 0 Å². The van der Waals surface area contributed by atoms with E-state index >= 15 is 0 Å². The first-order valence-corrected chi connectivity index (χ1v) is 8.04. The fourth-order valence-electron chi connectivity index (χ4n) is 3.29. The van der Waals surface area contributed by atoms with Crippen molar-refractivity contribution in [3.8, 4) is 5.75 Å². The number of piperidine rings is 1. The molecular formula is C18H29NO2. The van der Waals surface area contributed by atoms with Crippen LogP contribution in [0.3, 0.4) is 0 Å². The first-order chi connectivity index (χ1) is 9.94. The largest absolute Gasteiger partial charge is 0.491 e. The molecule has 0 bridgehead atoms. The number of rotatable bonds is 5. The highest BCUT2D eigenvalue weighted by Crippen LogP contribution is 2.21. The lowest BCUT2D eigenvalue weighted by Gasteiger charge is -2.35. The lowest BCUT2D eigenvalue weighted by Crippen LogP contribution is -2.44. The monoisotopic (exact) mass is 291 g/mol. The SMILES string of the molecule is Cc1ccc(OC[C@H](O)CN2C[C@@H](C)C[C@H](C)C2)cc1C. The second-order valence-electron chi connectivity index (χ2n) is 6.88. The summed E-state index contributed by atoms with van der Waals surface area (Å²) in [5.41, 5.74) is 2.49. The molecule has 1 saturated heterocycles. The molecular weight excluding hydrogens is 262 g/mol. The molecule has 0 amide bonds. The summed E-state index contributed by atoms with van der Waals surface area (Å²) in [7, 11) is 0. The maximum atomic E-state index is 10.2. The number of ether oxygens (including phenoxy) is 1. The summed E-state index contributed by atoms with van der Waals surface area (Å²) in [5.74, 6) is 2.29. The quantitative estimate of drug-likeness (QED) is 0.905. The van der Waals surface area contributed by atoms with E-state index in [0.29, 0.717) is 13.2 Å². The van der Waals surface area contributed by atoms with Gasteiger partial charge < -0.3 is 14.7 Å². The first-order valence-electron chi connectivity index (χ1n) is 8.04. The number of aliphatic hydroxyl groups is 1. The van der Waals surface area contributed by atoms with E-state index in [0.717, 1.165) is 30.7 Å². The van der Waals surface area contributed by atoms with E-state index in [2.05, 4.69) is 38.7 Å². The zero-order valence-electron chi connectivity index (χ0n) is 13.8. The molecule has 3 atom stereocenters. The summed E-state index contributed by atoms with van der Waals surface area (Å²) >= 11 is 0. The molecule has 0 unspecified atom stereocenters. The van der Waals surface area contributed by atoms with Gasteiger partial charge in [-0.15, -0.1) is 0 Å². The lowest BCUT2D eigenvalue weighted by molar-refractivity contribution is 0.0429. The highest BCUT2D eigenvalue weighted by molar-refractivity contribution is 5.33. The van der Waals surface area contributed by atoms with Crippen LogP contribution in [0.5, 0.6) is 5.75 Å². The average Bonchev–Trinajstić information content (AvgIpc) is 2.39. The second-order valence-corrected chi connectivity index (χ2v) is 6.88. The van der Waals surface area contributed by atoms with E-state index < -0.39 is 6.10 Å². The van der Waals surface area contributed by atoms with Crippen LogP contribution in [0, 0.1) is 25.7 Å². The van der Waals surface area contributed by atoms with Crippen LogP contribution in [0.15, 0.2) is 18.2 Å². The van der Waals surface area contributed by atoms with Crippen LogP contribution in [0.2, 0.25) is 0 Å². The predicted octanol–water partition coefficient (Wildman–Crippen LogP) is 3.02. The first kappa shape index (κ1) is 16.3. The van der Waals surface area contributed by atoms with Crippen molar-refractivity contribution in [2.45, 2.75) is 40.2 Å². The Kier molecular flexibility index (Phi) is 5.65. The zero-order chi connectivity index (χ0) is 15.4. The van der Waals surface area contributed by atoms with Gasteiger partial charge in [-0.25, -0.2) is 0 Å². The molecule has 1 aliphatic heterocycles. The normalized spacial score (nSPS) is 24.8. The predicted molar refractivity (Wildman–Crippen MR) is 86.8 cm³/mol. The van der Waals surface area contributed by atoms with Crippen LogP contribution in [0.1, 0.15) is 31.4 Å². The van der Waals surface area contributed by atoms with Crippen molar-refractivity contribution in [1.82, 2.24) is 4.90 Å². The highest BCUT2D eigenvalue weighted by Gasteiger charge is 2.23. The second kappa shape index (κ2) is 7.28. The van der Waals surface area contributed by atoms with Crippen LogP contribution in [0.25, 0.3) is 0 Å². The lowest BCUT2D eigenvalue weighted by atomic mass is 9.92. The Morgan fingerprint density at radius 2 is 1.86 bits per heavy atom. The van der Waals surface area contributed by atoms with Crippen molar-refractivity contribution in [2.75, 3.05) is 26.2 Å². The molecule has 2 rings (SSSR count). The van der Waals surface area contributed by atoms with Gasteiger partial charge in [-0.1, -0.05) is 19.9 Å². The Morgan fingerprint density at radius 1 is 1.19 bits per heavy atom. The molecule has 0 saturated carbocycles. The van der Waals surface area contributed by atoms with Crippen molar-refractivity contribution in [1.29, 1.82) is 0 Å². The number of hydrogen-bond donors (Lipinski definition) is 1. The maximum Gasteiger partial charge on any atom is 0.119 e. The third-order valence-corrected chi connectivity index (χ3v) is 4.33. The summed E-state index contributed by atoms with van der Waals surface area (Å²) in [6.07, 6.45) is 0.871. The van der Waals surface area contributed by atoms with Gasteiger partial charge in [0.25, 0.3) is 0 Å². The Bertz CT molecular complexity index is 451. The average molecular weight is 291 g/mol. The van der Waals surface area contributed by atoms with Crippen molar-refractivity contribution in [2.24, 2.45) is 11.8 Å². The van der Waals surface area contributed by atoms with Gasteiger partial charge >= 0.3 is 0 Å². The summed E-state index contributed by atoms with van der Waals surface area (Å²) in [6, 6.07) is 6.07. The van der Waals surface area contributed by atoms with Crippen molar-refractivity contribution < 1.29 is 9.84 Å². The van der Waals surface area contributed by atoms with Crippen LogP contribution in [-0.2, 0) is 0 Å². The van der Waals surface area contributed by atoms with Crippen LogP contribution in [0.4, 0.5) is 0 Å². The molecule has 0 aromatic heterocycles. The maximum absolute atomic E-state index is 10.2. The van der Waals surface area contributed by atoms with Crippen molar-refractivity contribution >= 4 is 0 Å². The number of nitrogens with zero attached hydrogens (tertiary/aromatic N) is 1. The molecule has 1 aliphatic rings. The summed E-state index contributed by atoms with van der Waals surface area (Å²) < 4.78 is 5.72. The van der Waals surface area contributed by atoms with Gasteiger partial charge in [-0.2, -0.15) is 0 Å². The Morgan fingerprint density at radius 3 is 2.48 bits per heavy atom. The minimum atomic E-state index is -0.427. The van der Waals surface area contributed by atoms with E-state index in [-0.39, 0.29) is 0 Å². The standard InChI is InChI=1S/C18H29NO2/c1-13-7-14(2)10-19(9-13)11-17(20)12-21-18-6-5-15(3)16(4)8-18/h5-6,8,13-14,17,20H,7,9-12H2,1-4H3/t13-,14-,17+/m0/s1. The van der Waals surface area contributed by atoms with Crippen LogP contribution >= 0.6 is 0 Å². The number of likely N-dealkylation sites (tertiary alicyclic amines) is 1. The minimum Gasteiger partial charge on any atom is -0.491 e. The summed E-state index contributed by atoms with van der Waals surface area (Å²) in [6.45, 7) is 12.0. The molecule has 1 aromatic rings. The van der Waals surface area contributed by atoms with Gasteiger partial charge in [-0.05, 0) is 55.4 Å². The van der Waals surface area contributed by atoms with E-state index in [1.165, 1.54) is 17.5 Å². The molecule has 118 valence electrons. The molecule has 0 aliphatic carbocycles. The fraction of sp³-hybridized carbons (Fsp3) is 0.667. The third-order valence-electron chi connectivity index (χ3n) is 4.33. The topological polar surface area (TPSA) is 32.7 Å². The molecule has 3 nitrogen and oxygen atoms in total. The molecule has 1 aromatic carbocycles. The molecule has 1 fully saturated rings. The van der Waals surface area contributed by atoms with E-state index in [9.17, 15) is 5.11 Å². The third kappa shape index (κ3) is 5.01. The fourth-order valence-corrected chi connectivity index (χ4v) is 3.29. The summed E-state index contributed by atoms with van der Waals surface area (Å²) in [4.78, 5) is 2.37. The number of β-amino-alcohol motifs (C(OH)–C–C–N with tert-alkyl or cyclic N) is 1. The molecule has 0 radical (unpaired) electrons. The van der Waals surface area contributed by atoms with E-state index in [1.807, 2.05) is 12.1 Å². The van der Waals surface area contributed by atoms with Crippen LogP contribution < -0.4 is 4.74 Å². The Labute approximate surface area is 128 Å². The number of hydrogen-bond acceptors (Lipinski definition) is 3. The van der Waals surface area contributed by atoms with E-state index in [4.69, 9.17) is 4.74 Å². The Balaban J connectivity index is 1.79. The number of aryl methyl sites for hydroxylation is 2. The van der Waals surface area contributed by atoms with Gasteiger partial charge in [0, 0.05) is 19.6 Å². The van der Waals surface area contributed by atoms with E-state index in [1.54, 1.807) is 0 Å². The minimum absolute atomic E-state index is 0.363. The molecule has 21 heavy (non-hydrogen) atoms. The van der Waals surface area contributed by atoms with Crippen molar-refractivity contribution in [3.63, 3.8) is 0 Å². The number of aliphatic hydroxyl groups excluding tert-OH is 1. The van der Waals surface area contributed by atoms with Gasteiger partial charge in [0.1, 0.15) is 18.5 Å². The molecule has 1 heterocycles.